The second-order valence-corrected chi connectivity index (χ2v) is 11.0. The smallest absolute Gasteiger partial charge is 0.271 e. The molecule has 0 saturated heterocycles. The van der Waals surface area contributed by atoms with E-state index < -0.39 is 28.4 Å². The highest BCUT2D eigenvalue weighted by molar-refractivity contribution is 7.89. The fourth-order valence-electron chi connectivity index (χ4n) is 4.09. The van der Waals surface area contributed by atoms with E-state index in [1.807, 2.05) is 17.7 Å². The van der Waals surface area contributed by atoms with Gasteiger partial charge in [0.2, 0.25) is 10.0 Å². The SMILES string of the molecule is CCCc1c(OCCCOc2ccc(C(N)=O)c(OC)c2CC2CC2)cccc1OCC(=O)NS(C)(=O)=O. The second-order valence-electron chi connectivity index (χ2n) is 9.25. The predicted molar refractivity (Wildman–Crippen MR) is 142 cm³/mol. The van der Waals surface area contributed by atoms with Crippen molar-refractivity contribution in [3.63, 3.8) is 0 Å². The molecule has 2 aromatic carbocycles. The van der Waals surface area contributed by atoms with E-state index in [0.29, 0.717) is 60.5 Å². The van der Waals surface area contributed by atoms with Crippen LogP contribution in [0.25, 0.3) is 0 Å². The maximum Gasteiger partial charge on any atom is 0.271 e. The Kier molecular flexibility index (Phi) is 10.2. The summed E-state index contributed by atoms with van der Waals surface area (Å²) in [5, 5.41) is 0. The number of nitrogens with two attached hydrogens (primary N) is 1. The average Bonchev–Trinajstić information content (AvgIpc) is 3.67. The molecular weight excluding hydrogens is 512 g/mol. The van der Waals surface area contributed by atoms with Crippen molar-refractivity contribution in [2.24, 2.45) is 11.7 Å². The maximum atomic E-state index is 11.8. The van der Waals surface area contributed by atoms with Gasteiger partial charge in [-0.05, 0) is 55.9 Å². The van der Waals surface area contributed by atoms with Crippen LogP contribution in [0.4, 0.5) is 0 Å². The lowest BCUT2D eigenvalue weighted by molar-refractivity contribution is -0.121. The van der Waals surface area contributed by atoms with E-state index in [-0.39, 0.29) is 0 Å². The van der Waals surface area contributed by atoms with E-state index >= 15 is 0 Å². The van der Waals surface area contributed by atoms with Crippen LogP contribution >= 0.6 is 0 Å². The lowest BCUT2D eigenvalue weighted by Crippen LogP contribution is -2.33. The molecule has 0 heterocycles. The largest absolute Gasteiger partial charge is 0.495 e. The van der Waals surface area contributed by atoms with Crippen LogP contribution in [-0.4, -0.2) is 53.4 Å². The van der Waals surface area contributed by atoms with Gasteiger partial charge >= 0.3 is 0 Å². The summed E-state index contributed by atoms with van der Waals surface area (Å²) >= 11 is 0. The van der Waals surface area contributed by atoms with Crippen molar-refractivity contribution in [2.45, 2.75) is 45.4 Å². The summed E-state index contributed by atoms with van der Waals surface area (Å²) in [5.41, 5.74) is 7.54. The van der Waals surface area contributed by atoms with Gasteiger partial charge in [-0.15, -0.1) is 0 Å². The zero-order valence-electron chi connectivity index (χ0n) is 22.1. The summed E-state index contributed by atoms with van der Waals surface area (Å²) < 4.78 is 47.6. The molecule has 1 aliphatic carbocycles. The van der Waals surface area contributed by atoms with Crippen LogP contribution in [0.3, 0.4) is 0 Å². The van der Waals surface area contributed by atoms with E-state index in [1.54, 1.807) is 24.3 Å². The summed E-state index contributed by atoms with van der Waals surface area (Å²) in [6, 6.07) is 8.70. The summed E-state index contributed by atoms with van der Waals surface area (Å²) in [4.78, 5) is 23.7. The zero-order chi connectivity index (χ0) is 27.7. The van der Waals surface area contributed by atoms with Gasteiger partial charge in [0.25, 0.3) is 11.8 Å². The number of rotatable bonds is 16. The van der Waals surface area contributed by atoms with E-state index in [0.717, 1.165) is 43.1 Å². The Balaban J connectivity index is 1.60. The Labute approximate surface area is 223 Å². The average molecular weight is 549 g/mol. The van der Waals surface area contributed by atoms with Gasteiger partial charge in [-0.3, -0.25) is 14.3 Å². The number of hydrogen-bond acceptors (Lipinski definition) is 8. The highest BCUT2D eigenvalue weighted by Gasteiger charge is 2.27. The molecule has 0 radical (unpaired) electrons. The van der Waals surface area contributed by atoms with Crippen LogP contribution in [0.15, 0.2) is 30.3 Å². The fraction of sp³-hybridized carbons (Fsp3) is 0.481. The molecule has 0 bridgehead atoms. The van der Waals surface area contributed by atoms with Crippen LogP contribution in [0.5, 0.6) is 23.0 Å². The van der Waals surface area contributed by atoms with E-state index in [9.17, 15) is 18.0 Å². The van der Waals surface area contributed by atoms with Crippen LogP contribution in [-0.2, 0) is 27.7 Å². The van der Waals surface area contributed by atoms with Gasteiger partial charge < -0.3 is 24.7 Å². The lowest BCUT2D eigenvalue weighted by atomic mass is 10.0. The first-order valence-electron chi connectivity index (χ1n) is 12.6. The van der Waals surface area contributed by atoms with Crippen molar-refractivity contribution in [1.82, 2.24) is 4.72 Å². The minimum atomic E-state index is -3.65. The fourth-order valence-corrected chi connectivity index (χ4v) is 4.56. The summed E-state index contributed by atoms with van der Waals surface area (Å²) in [6.07, 6.45) is 6.04. The monoisotopic (exact) mass is 548 g/mol. The van der Waals surface area contributed by atoms with E-state index in [2.05, 4.69) is 0 Å². The Morgan fingerprint density at radius 3 is 2.18 bits per heavy atom. The van der Waals surface area contributed by atoms with Crippen molar-refractivity contribution < 1.29 is 37.0 Å². The number of primary amides is 1. The predicted octanol–water partition coefficient (Wildman–Crippen LogP) is 3.00. The van der Waals surface area contributed by atoms with Crippen LogP contribution in [0.2, 0.25) is 0 Å². The number of nitrogens with one attached hydrogen (secondary N) is 1. The van der Waals surface area contributed by atoms with Crippen LogP contribution in [0.1, 0.15) is 54.1 Å². The molecule has 2 aromatic rings. The molecule has 0 aromatic heterocycles. The first-order chi connectivity index (χ1) is 18.1. The third kappa shape index (κ3) is 8.54. The minimum absolute atomic E-state index is 0.346. The van der Waals surface area contributed by atoms with Crippen molar-refractivity contribution in [3.8, 4) is 23.0 Å². The van der Waals surface area contributed by atoms with Gasteiger partial charge in [-0.2, -0.15) is 0 Å². The number of sulfonamides is 1. The van der Waals surface area contributed by atoms with Crippen LogP contribution < -0.4 is 29.4 Å². The molecule has 38 heavy (non-hydrogen) atoms. The molecule has 1 fully saturated rings. The molecule has 10 nitrogen and oxygen atoms in total. The molecule has 3 rings (SSSR count). The number of benzene rings is 2. The van der Waals surface area contributed by atoms with Crippen molar-refractivity contribution in [1.29, 1.82) is 0 Å². The molecule has 1 aliphatic rings. The highest BCUT2D eigenvalue weighted by atomic mass is 32.2. The summed E-state index contributed by atoms with van der Waals surface area (Å²) in [6.45, 7) is 2.36. The molecule has 1 saturated carbocycles. The molecule has 3 N–H and O–H groups in total. The molecule has 0 atom stereocenters. The second kappa shape index (κ2) is 13.4. The molecule has 208 valence electrons. The van der Waals surface area contributed by atoms with Gasteiger partial charge in [0.05, 0.1) is 32.1 Å². The minimum Gasteiger partial charge on any atom is -0.495 e. The molecule has 2 amide bonds. The third-order valence-corrected chi connectivity index (χ3v) is 6.53. The Hall–Kier alpha value is -3.47. The van der Waals surface area contributed by atoms with Gasteiger partial charge in [0.1, 0.15) is 23.0 Å². The molecule has 0 aliphatic heterocycles. The van der Waals surface area contributed by atoms with Crippen molar-refractivity contribution in [2.75, 3.05) is 33.2 Å². The normalized spacial score (nSPS) is 13.0. The van der Waals surface area contributed by atoms with Crippen molar-refractivity contribution in [3.05, 3.63) is 47.0 Å². The maximum absolute atomic E-state index is 11.8. The van der Waals surface area contributed by atoms with Gasteiger partial charge in [0.15, 0.2) is 6.61 Å². The number of ether oxygens (including phenoxy) is 4. The topological polar surface area (TPSA) is 143 Å². The van der Waals surface area contributed by atoms with Gasteiger partial charge in [-0.25, -0.2) is 8.42 Å². The lowest BCUT2D eigenvalue weighted by Gasteiger charge is -2.18. The summed E-state index contributed by atoms with van der Waals surface area (Å²) in [7, 11) is -2.13. The van der Waals surface area contributed by atoms with Crippen LogP contribution in [0, 0.1) is 5.92 Å². The van der Waals surface area contributed by atoms with Gasteiger partial charge in [-0.1, -0.05) is 19.4 Å². The quantitative estimate of drug-likeness (QED) is 0.305. The Morgan fingerprint density at radius 1 is 1.00 bits per heavy atom. The number of carbonyl (C=O) groups excluding carboxylic acids is 2. The standard InChI is InChI=1S/C27H36N2O8S/c1-4-7-19-22(8-5-9-23(19)37-17-25(30)29-38(3,32)33)35-14-6-15-36-24-13-12-20(27(28)31)26(34-2)21(24)16-18-10-11-18/h5,8-9,12-13,18H,4,6-7,10-11,14-17H2,1-3H3,(H2,28,31)(H,29,30). The molecule has 0 unspecified atom stereocenters. The van der Waals surface area contributed by atoms with E-state index in [1.165, 1.54) is 7.11 Å². The first-order valence-corrected chi connectivity index (χ1v) is 14.5. The zero-order valence-corrected chi connectivity index (χ0v) is 22.9. The Bertz CT molecular complexity index is 1240. The van der Waals surface area contributed by atoms with Gasteiger partial charge in [0, 0.05) is 17.5 Å². The number of hydrogen-bond donors (Lipinski definition) is 2. The molecule has 11 heteroatoms. The molecular formula is C27H36N2O8S. The molecule has 0 spiro atoms. The third-order valence-electron chi connectivity index (χ3n) is 5.93. The number of amides is 2. The number of methoxy groups -OCH3 is 1. The summed E-state index contributed by atoms with van der Waals surface area (Å²) in [5.74, 6) is 1.52. The van der Waals surface area contributed by atoms with Crippen molar-refractivity contribution >= 4 is 21.8 Å². The van der Waals surface area contributed by atoms with E-state index in [4.69, 9.17) is 24.7 Å². The Morgan fingerprint density at radius 2 is 1.63 bits per heavy atom. The highest BCUT2D eigenvalue weighted by Crippen LogP contribution is 2.40. The number of carbonyl (C=O) groups is 2. The first kappa shape index (κ1) is 29.1.